The van der Waals surface area contributed by atoms with Crippen molar-refractivity contribution in [3.05, 3.63) is 102 Å². The van der Waals surface area contributed by atoms with E-state index in [1.54, 1.807) is 6.20 Å². The fourth-order valence-corrected chi connectivity index (χ4v) is 2.85. The Hall–Kier alpha value is -3.73. The zero-order valence-corrected chi connectivity index (χ0v) is 15.4. The quantitative estimate of drug-likeness (QED) is 0.493. The zero-order chi connectivity index (χ0) is 19.0. The fraction of sp³-hybridized carbons (Fsp3) is 0.0870. The van der Waals surface area contributed by atoms with Gasteiger partial charge in [-0.05, 0) is 17.2 Å². The summed E-state index contributed by atoms with van der Waals surface area (Å²) in [6, 6.07) is 26.3. The summed E-state index contributed by atoms with van der Waals surface area (Å²) in [6.07, 6.45) is 3.60. The van der Waals surface area contributed by atoms with Gasteiger partial charge in [-0.2, -0.15) is 4.98 Å². The third-order valence-electron chi connectivity index (χ3n) is 4.29. The molecule has 0 unspecified atom stereocenters. The van der Waals surface area contributed by atoms with E-state index in [1.807, 2.05) is 72.9 Å². The van der Waals surface area contributed by atoms with Crippen molar-refractivity contribution in [2.75, 3.05) is 10.6 Å². The van der Waals surface area contributed by atoms with E-state index in [1.165, 1.54) is 5.56 Å². The SMILES string of the molecule is c1ccc(CNc2cc(-c3ccccc3)nc(NCc3cccnc3)n2)cc1. The summed E-state index contributed by atoms with van der Waals surface area (Å²) in [5.41, 5.74) is 4.21. The highest BCUT2D eigenvalue weighted by Gasteiger charge is 2.07. The van der Waals surface area contributed by atoms with Crippen LogP contribution in [0.25, 0.3) is 11.3 Å². The van der Waals surface area contributed by atoms with E-state index in [9.17, 15) is 0 Å². The first-order valence-electron chi connectivity index (χ1n) is 9.22. The molecular weight excluding hydrogens is 346 g/mol. The number of aromatic nitrogens is 3. The van der Waals surface area contributed by atoms with Gasteiger partial charge in [0.1, 0.15) is 5.82 Å². The second-order valence-corrected chi connectivity index (χ2v) is 6.38. The van der Waals surface area contributed by atoms with Crippen LogP contribution in [0.4, 0.5) is 11.8 Å². The first kappa shape index (κ1) is 17.7. The summed E-state index contributed by atoms with van der Waals surface area (Å²) >= 11 is 0. The molecule has 5 nitrogen and oxygen atoms in total. The number of pyridine rings is 1. The molecule has 0 saturated carbocycles. The molecule has 0 fully saturated rings. The molecule has 0 aliphatic heterocycles. The van der Waals surface area contributed by atoms with E-state index >= 15 is 0 Å². The summed E-state index contributed by atoms with van der Waals surface area (Å²) in [5.74, 6) is 1.37. The maximum Gasteiger partial charge on any atom is 0.225 e. The van der Waals surface area contributed by atoms with Gasteiger partial charge in [-0.1, -0.05) is 66.7 Å². The van der Waals surface area contributed by atoms with E-state index < -0.39 is 0 Å². The van der Waals surface area contributed by atoms with Crippen molar-refractivity contribution in [1.29, 1.82) is 0 Å². The Balaban J connectivity index is 1.57. The number of hydrogen-bond acceptors (Lipinski definition) is 5. The molecule has 4 rings (SSSR count). The van der Waals surface area contributed by atoms with Crippen LogP contribution in [0.1, 0.15) is 11.1 Å². The monoisotopic (exact) mass is 367 g/mol. The molecule has 0 spiro atoms. The third kappa shape index (κ3) is 4.71. The summed E-state index contributed by atoms with van der Waals surface area (Å²) in [7, 11) is 0. The summed E-state index contributed by atoms with van der Waals surface area (Å²) < 4.78 is 0. The summed E-state index contributed by atoms with van der Waals surface area (Å²) in [4.78, 5) is 13.5. The lowest BCUT2D eigenvalue weighted by molar-refractivity contribution is 1.03. The van der Waals surface area contributed by atoms with Crippen LogP contribution in [0.2, 0.25) is 0 Å². The molecule has 2 aromatic heterocycles. The minimum absolute atomic E-state index is 0.584. The Bertz CT molecular complexity index is 943. The smallest absolute Gasteiger partial charge is 0.225 e. The molecule has 138 valence electrons. The molecule has 0 aliphatic carbocycles. The topological polar surface area (TPSA) is 62.7 Å². The Morgan fingerprint density at radius 3 is 2.14 bits per heavy atom. The van der Waals surface area contributed by atoms with Gasteiger partial charge in [0.05, 0.1) is 5.69 Å². The largest absolute Gasteiger partial charge is 0.366 e. The standard InChI is InChI=1S/C23H21N5/c1-3-8-18(9-4-1)16-25-22-14-21(20-11-5-2-6-12-20)27-23(28-22)26-17-19-10-7-13-24-15-19/h1-15H,16-17H2,(H2,25,26,27,28). The van der Waals surface area contributed by atoms with Gasteiger partial charge in [0.2, 0.25) is 5.95 Å². The van der Waals surface area contributed by atoms with Crippen molar-refractivity contribution in [2.24, 2.45) is 0 Å². The van der Waals surface area contributed by atoms with Gasteiger partial charge in [0, 0.05) is 37.1 Å². The first-order chi connectivity index (χ1) is 13.9. The summed E-state index contributed by atoms with van der Waals surface area (Å²) in [5, 5.41) is 6.71. The van der Waals surface area contributed by atoms with E-state index in [-0.39, 0.29) is 0 Å². The number of nitrogens with one attached hydrogen (secondary N) is 2. The molecule has 5 heteroatoms. The maximum atomic E-state index is 4.69. The number of nitrogens with zero attached hydrogens (tertiary/aromatic N) is 3. The van der Waals surface area contributed by atoms with Gasteiger partial charge >= 0.3 is 0 Å². The molecule has 0 saturated heterocycles. The lowest BCUT2D eigenvalue weighted by Gasteiger charge is -2.12. The number of hydrogen-bond donors (Lipinski definition) is 2. The van der Waals surface area contributed by atoms with Crippen molar-refractivity contribution in [3.8, 4) is 11.3 Å². The van der Waals surface area contributed by atoms with Crippen molar-refractivity contribution in [3.63, 3.8) is 0 Å². The maximum absolute atomic E-state index is 4.69. The predicted molar refractivity (Wildman–Crippen MR) is 113 cm³/mol. The molecule has 2 N–H and O–H groups in total. The van der Waals surface area contributed by atoms with Crippen molar-refractivity contribution in [1.82, 2.24) is 15.0 Å². The van der Waals surface area contributed by atoms with Crippen LogP contribution >= 0.6 is 0 Å². The highest BCUT2D eigenvalue weighted by molar-refractivity contribution is 5.64. The van der Waals surface area contributed by atoms with Gasteiger partial charge in [0.15, 0.2) is 0 Å². The second kappa shape index (κ2) is 8.77. The molecule has 2 aromatic carbocycles. The number of benzene rings is 2. The molecular formula is C23H21N5. The lowest BCUT2D eigenvalue weighted by atomic mass is 10.1. The van der Waals surface area contributed by atoms with Crippen molar-refractivity contribution < 1.29 is 0 Å². The molecule has 0 radical (unpaired) electrons. The molecule has 2 heterocycles. The third-order valence-corrected chi connectivity index (χ3v) is 4.29. The average Bonchev–Trinajstić information content (AvgIpc) is 2.78. The van der Waals surface area contributed by atoms with Crippen LogP contribution in [0.3, 0.4) is 0 Å². The Kier molecular flexibility index (Phi) is 5.54. The molecule has 28 heavy (non-hydrogen) atoms. The molecule has 0 amide bonds. The Morgan fingerprint density at radius 2 is 1.39 bits per heavy atom. The van der Waals surface area contributed by atoms with Crippen LogP contribution in [0.15, 0.2) is 91.3 Å². The van der Waals surface area contributed by atoms with Crippen LogP contribution in [-0.2, 0) is 13.1 Å². The van der Waals surface area contributed by atoms with E-state index in [4.69, 9.17) is 4.98 Å². The van der Waals surface area contributed by atoms with Gasteiger partial charge in [0.25, 0.3) is 0 Å². The van der Waals surface area contributed by atoms with E-state index in [0.717, 1.165) is 22.6 Å². The van der Waals surface area contributed by atoms with Gasteiger partial charge < -0.3 is 10.6 Å². The van der Waals surface area contributed by atoms with Crippen molar-refractivity contribution >= 4 is 11.8 Å². The van der Waals surface area contributed by atoms with Crippen LogP contribution < -0.4 is 10.6 Å². The highest BCUT2D eigenvalue weighted by atomic mass is 15.1. The average molecular weight is 367 g/mol. The Labute approximate surface area is 164 Å². The van der Waals surface area contributed by atoms with Crippen LogP contribution in [-0.4, -0.2) is 15.0 Å². The lowest BCUT2D eigenvalue weighted by Crippen LogP contribution is -2.08. The molecule has 4 aromatic rings. The van der Waals surface area contributed by atoms with E-state index in [2.05, 4.69) is 32.7 Å². The highest BCUT2D eigenvalue weighted by Crippen LogP contribution is 2.22. The minimum Gasteiger partial charge on any atom is -0.366 e. The first-order valence-corrected chi connectivity index (χ1v) is 9.22. The molecule has 0 atom stereocenters. The van der Waals surface area contributed by atoms with Crippen LogP contribution in [0.5, 0.6) is 0 Å². The predicted octanol–water partition coefficient (Wildman–Crippen LogP) is 4.76. The van der Waals surface area contributed by atoms with E-state index in [0.29, 0.717) is 19.0 Å². The van der Waals surface area contributed by atoms with Gasteiger partial charge in [-0.3, -0.25) is 4.98 Å². The Morgan fingerprint density at radius 1 is 0.679 bits per heavy atom. The number of rotatable bonds is 7. The summed E-state index contributed by atoms with van der Waals surface area (Å²) in [6.45, 7) is 1.32. The fourth-order valence-electron chi connectivity index (χ4n) is 2.85. The number of anilines is 2. The normalized spacial score (nSPS) is 10.4. The molecule has 0 aliphatic rings. The molecule has 0 bridgehead atoms. The van der Waals surface area contributed by atoms with Crippen LogP contribution in [0, 0.1) is 0 Å². The second-order valence-electron chi connectivity index (χ2n) is 6.38. The minimum atomic E-state index is 0.584. The zero-order valence-electron chi connectivity index (χ0n) is 15.4. The van der Waals surface area contributed by atoms with Crippen molar-refractivity contribution in [2.45, 2.75) is 13.1 Å². The van der Waals surface area contributed by atoms with Gasteiger partial charge in [-0.25, -0.2) is 4.98 Å². The van der Waals surface area contributed by atoms with Gasteiger partial charge in [-0.15, -0.1) is 0 Å².